The summed E-state index contributed by atoms with van der Waals surface area (Å²) in [5.41, 5.74) is -0.393. The first kappa shape index (κ1) is 9.91. The molecule has 0 aliphatic rings. The van der Waals surface area contributed by atoms with Gasteiger partial charge < -0.3 is 0 Å². The van der Waals surface area contributed by atoms with Crippen LogP contribution in [0.2, 0.25) is 0 Å². The van der Waals surface area contributed by atoms with Gasteiger partial charge in [0.2, 0.25) is 0 Å². The Kier molecular flexibility index (Phi) is 2.55. The van der Waals surface area contributed by atoms with Crippen molar-refractivity contribution in [2.75, 3.05) is 0 Å². The van der Waals surface area contributed by atoms with Crippen molar-refractivity contribution in [3.63, 3.8) is 0 Å². The predicted molar refractivity (Wildman–Crippen MR) is 53.1 cm³/mol. The second kappa shape index (κ2) is 3.85. The third kappa shape index (κ3) is 2.07. The van der Waals surface area contributed by atoms with Crippen LogP contribution in [0, 0.1) is 5.82 Å². The third-order valence-electron chi connectivity index (χ3n) is 1.56. The molecule has 0 unspecified atom stereocenters. The van der Waals surface area contributed by atoms with Gasteiger partial charge in [0.1, 0.15) is 0 Å². The van der Waals surface area contributed by atoms with Gasteiger partial charge in [-0.3, -0.25) is 4.79 Å². The molecule has 76 valence electrons. The van der Waals surface area contributed by atoms with Gasteiger partial charge in [-0.15, -0.1) is 0 Å². The quantitative estimate of drug-likeness (QED) is 0.774. The Bertz CT molecular complexity index is 539. The van der Waals surface area contributed by atoms with Crippen LogP contribution in [0.5, 0.6) is 0 Å². The first-order chi connectivity index (χ1) is 7.16. The van der Waals surface area contributed by atoms with Crippen molar-refractivity contribution in [3.05, 3.63) is 45.3 Å². The molecule has 0 aliphatic heterocycles. The predicted octanol–water partition coefficient (Wildman–Crippen LogP) is 0.924. The Hall–Kier alpha value is -1.63. The number of halogens is 2. The highest BCUT2D eigenvalue weighted by Crippen LogP contribution is 2.03. The molecule has 0 bridgehead atoms. The fourth-order valence-electron chi connectivity index (χ4n) is 0.951. The fourth-order valence-corrected chi connectivity index (χ4v) is 1.24. The van der Waals surface area contributed by atoms with Gasteiger partial charge in [-0.05, 0) is 15.9 Å². The molecular formula is C8H4BrFN4O. The minimum absolute atomic E-state index is 0.0360. The van der Waals surface area contributed by atoms with Gasteiger partial charge in [0, 0.05) is 10.5 Å². The molecule has 2 aromatic heterocycles. The lowest BCUT2D eigenvalue weighted by molar-refractivity contribution is 0.606. The maximum Gasteiger partial charge on any atom is 0.275 e. The van der Waals surface area contributed by atoms with Crippen LogP contribution in [0.15, 0.2) is 33.9 Å². The summed E-state index contributed by atoms with van der Waals surface area (Å²) in [5.74, 6) is -0.530. The summed E-state index contributed by atoms with van der Waals surface area (Å²) in [7, 11) is 0. The monoisotopic (exact) mass is 270 g/mol. The second-order valence-electron chi connectivity index (χ2n) is 2.63. The number of hydrogen-bond acceptors (Lipinski definition) is 4. The zero-order valence-corrected chi connectivity index (χ0v) is 8.85. The molecule has 5 nitrogen and oxygen atoms in total. The molecular weight excluding hydrogens is 267 g/mol. The Morgan fingerprint density at radius 2 is 1.93 bits per heavy atom. The minimum Gasteiger partial charge on any atom is -0.267 e. The van der Waals surface area contributed by atoms with E-state index in [1.807, 2.05) is 0 Å². The normalized spacial score (nSPS) is 10.3. The Morgan fingerprint density at radius 3 is 2.53 bits per heavy atom. The topological polar surface area (TPSA) is 60.7 Å². The first-order valence-corrected chi connectivity index (χ1v) is 4.69. The molecule has 0 fully saturated rings. The van der Waals surface area contributed by atoms with Gasteiger partial charge >= 0.3 is 0 Å². The van der Waals surface area contributed by atoms with E-state index in [0.29, 0.717) is 4.47 Å². The zero-order valence-electron chi connectivity index (χ0n) is 7.26. The van der Waals surface area contributed by atoms with Crippen LogP contribution >= 0.6 is 15.9 Å². The molecule has 0 radical (unpaired) electrons. The molecule has 0 saturated heterocycles. The molecule has 0 atom stereocenters. The maximum absolute atomic E-state index is 12.5. The van der Waals surface area contributed by atoms with E-state index in [1.165, 1.54) is 12.3 Å². The van der Waals surface area contributed by atoms with Crippen LogP contribution in [0.25, 0.3) is 5.95 Å². The SMILES string of the molecule is O=c1cc(Br)cnn1-c1ncc(F)cn1. The van der Waals surface area contributed by atoms with E-state index in [1.54, 1.807) is 0 Å². The summed E-state index contributed by atoms with van der Waals surface area (Å²) in [4.78, 5) is 18.7. The summed E-state index contributed by atoms with van der Waals surface area (Å²) in [6.45, 7) is 0. The van der Waals surface area contributed by atoms with Crippen LogP contribution < -0.4 is 5.56 Å². The van der Waals surface area contributed by atoms with Crippen molar-refractivity contribution in [3.8, 4) is 5.95 Å². The lowest BCUT2D eigenvalue weighted by atomic mass is 10.6. The first-order valence-electron chi connectivity index (χ1n) is 3.89. The van der Waals surface area contributed by atoms with Crippen molar-refractivity contribution in [1.29, 1.82) is 0 Å². The number of nitrogens with zero attached hydrogens (tertiary/aromatic N) is 4. The summed E-state index contributed by atoms with van der Waals surface area (Å²) in [6, 6.07) is 1.32. The van der Waals surface area contributed by atoms with Crippen LogP contribution in [-0.4, -0.2) is 19.7 Å². The lowest BCUT2D eigenvalue weighted by Gasteiger charge is -2.00. The molecule has 2 aromatic rings. The van der Waals surface area contributed by atoms with Crippen LogP contribution in [0.3, 0.4) is 0 Å². The molecule has 0 N–H and O–H groups in total. The smallest absolute Gasteiger partial charge is 0.267 e. The molecule has 0 amide bonds. The Balaban J connectivity index is 2.55. The van der Waals surface area contributed by atoms with Gasteiger partial charge in [-0.2, -0.15) is 9.78 Å². The molecule has 0 aromatic carbocycles. The van der Waals surface area contributed by atoms with E-state index in [4.69, 9.17) is 0 Å². The van der Waals surface area contributed by atoms with Gasteiger partial charge in [-0.1, -0.05) is 0 Å². The summed E-state index contributed by atoms with van der Waals surface area (Å²) in [5, 5.41) is 3.79. The standard InChI is InChI=1S/C8H4BrFN4O/c9-5-1-7(15)14(13-2-5)8-11-3-6(10)4-12-8/h1-4H. The van der Waals surface area contributed by atoms with E-state index in [2.05, 4.69) is 31.0 Å². The Morgan fingerprint density at radius 1 is 1.27 bits per heavy atom. The Labute approximate surface area is 91.7 Å². The van der Waals surface area contributed by atoms with Gasteiger partial charge in [0.05, 0.1) is 18.6 Å². The van der Waals surface area contributed by atoms with Crippen LogP contribution in [0.1, 0.15) is 0 Å². The van der Waals surface area contributed by atoms with Gasteiger partial charge in [0.25, 0.3) is 11.5 Å². The second-order valence-corrected chi connectivity index (χ2v) is 3.54. The third-order valence-corrected chi connectivity index (χ3v) is 2.00. The van der Waals surface area contributed by atoms with Crippen molar-refractivity contribution in [1.82, 2.24) is 19.7 Å². The van der Waals surface area contributed by atoms with E-state index in [9.17, 15) is 9.18 Å². The van der Waals surface area contributed by atoms with Crippen LogP contribution in [0.4, 0.5) is 4.39 Å². The van der Waals surface area contributed by atoms with Crippen molar-refractivity contribution < 1.29 is 4.39 Å². The van der Waals surface area contributed by atoms with E-state index in [0.717, 1.165) is 17.1 Å². The van der Waals surface area contributed by atoms with Crippen molar-refractivity contribution >= 4 is 15.9 Å². The fraction of sp³-hybridized carbons (Fsp3) is 0. The maximum atomic E-state index is 12.5. The average molecular weight is 271 g/mol. The molecule has 0 spiro atoms. The number of aromatic nitrogens is 4. The largest absolute Gasteiger partial charge is 0.275 e. The number of rotatable bonds is 1. The molecule has 2 rings (SSSR count). The molecule has 7 heteroatoms. The van der Waals surface area contributed by atoms with E-state index < -0.39 is 11.4 Å². The summed E-state index contributed by atoms with van der Waals surface area (Å²) in [6.07, 6.45) is 3.37. The molecule has 2 heterocycles. The highest BCUT2D eigenvalue weighted by Gasteiger charge is 2.04. The molecule has 0 saturated carbocycles. The number of hydrogen-bond donors (Lipinski definition) is 0. The van der Waals surface area contributed by atoms with E-state index >= 15 is 0 Å². The van der Waals surface area contributed by atoms with Crippen molar-refractivity contribution in [2.45, 2.75) is 0 Å². The highest BCUT2D eigenvalue weighted by molar-refractivity contribution is 9.10. The minimum atomic E-state index is -0.566. The summed E-state index contributed by atoms with van der Waals surface area (Å²) < 4.78 is 14.1. The molecule has 15 heavy (non-hydrogen) atoms. The van der Waals surface area contributed by atoms with Gasteiger partial charge in [-0.25, -0.2) is 14.4 Å². The average Bonchev–Trinajstić information content (AvgIpc) is 2.20. The van der Waals surface area contributed by atoms with Crippen molar-refractivity contribution in [2.24, 2.45) is 0 Å². The molecule has 0 aliphatic carbocycles. The van der Waals surface area contributed by atoms with Crippen LogP contribution in [-0.2, 0) is 0 Å². The summed E-state index contributed by atoms with van der Waals surface area (Å²) >= 11 is 3.10. The highest BCUT2D eigenvalue weighted by atomic mass is 79.9. The van der Waals surface area contributed by atoms with Gasteiger partial charge in [0.15, 0.2) is 5.82 Å². The zero-order chi connectivity index (χ0) is 10.8. The lowest BCUT2D eigenvalue weighted by Crippen LogP contribution is -2.21. The van der Waals surface area contributed by atoms with E-state index in [-0.39, 0.29) is 5.95 Å².